The van der Waals surface area contributed by atoms with Gasteiger partial charge in [0.15, 0.2) is 0 Å². The first-order chi connectivity index (χ1) is 14.0. The van der Waals surface area contributed by atoms with Crippen molar-refractivity contribution in [2.24, 2.45) is 5.92 Å². The Bertz CT molecular complexity index is 919. The summed E-state index contributed by atoms with van der Waals surface area (Å²) in [7, 11) is 0. The standard InChI is InChI=1S/C23H26FN3O2.ClH/c24-18-8-6-15(7-9-18)23(29)27-12-2-4-17(14-27)22(28)26-21-5-1-3-16-13-19(25)10-11-20(16)21;/h6-11,13,17,21H,1-5,12,14,25H2,(H,26,28);1H. The van der Waals surface area contributed by atoms with E-state index < -0.39 is 0 Å². The summed E-state index contributed by atoms with van der Waals surface area (Å²) in [5.74, 6) is -0.753. The van der Waals surface area contributed by atoms with E-state index in [9.17, 15) is 14.0 Å². The third kappa shape index (κ3) is 4.75. The lowest BCUT2D eigenvalue weighted by Gasteiger charge is -2.34. The van der Waals surface area contributed by atoms with Crippen molar-refractivity contribution in [2.75, 3.05) is 18.8 Å². The van der Waals surface area contributed by atoms with Gasteiger partial charge in [0.2, 0.25) is 5.91 Å². The number of piperidine rings is 1. The number of hydrogen-bond acceptors (Lipinski definition) is 3. The number of nitrogens with one attached hydrogen (secondary N) is 1. The van der Waals surface area contributed by atoms with Crippen LogP contribution in [0.2, 0.25) is 0 Å². The van der Waals surface area contributed by atoms with Gasteiger partial charge in [0.25, 0.3) is 5.91 Å². The Morgan fingerprint density at radius 1 is 1.07 bits per heavy atom. The molecule has 2 unspecified atom stereocenters. The van der Waals surface area contributed by atoms with Crippen molar-refractivity contribution in [1.29, 1.82) is 0 Å². The third-order valence-electron chi connectivity index (χ3n) is 5.97. The molecule has 1 saturated heterocycles. The van der Waals surface area contributed by atoms with Crippen LogP contribution in [0.1, 0.15) is 53.2 Å². The van der Waals surface area contributed by atoms with E-state index in [1.807, 2.05) is 18.2 Å². The van der Waals surface area contributed by atoms with Crippen LogP contribution in [0.25, 0.3) is 0 Å². The highest BCUT2D eigenvalue weighted by atomic mass is 35.5. The minimum atomic E-state index is -0.369. The van der Waals surface area contributed by atoms with E-state index in [1.54, 1.807) is 4.90 Å². The van der Waals surface area contributed by atoms with Crippen LogP contribution in [0.4, 0.5) is 10.1 Å². The zero-order chi connectivity index (χ0) is 20.4. The number of nitrogens with two attached hydrogens (primary N) is 1. The molecule has 0 radical (unpaired) electrons. The van der Waals surface area contributed by atoms with Crippen LogP contribution in [0.3, 0.4) is 0 Å². The maximum Gasteiger partial charge on any atom is 0.253 e. The summed E-state index contributed by atoms with van der Waals surface area (Å²) in [5.41, 5.74) is 9.45. The predicted molar refractivity (Wildman–Crippen MR) is 117 cm³/mol. The van der Waals surface area contributed by atoms with Crippen LogP contribution < -0.4 is 11.1 Å². The van der Waals surface area contributed by atoms with Crippen molar-refractivity contribution < 1.29 is 14.0 Å². The fourth-order valence-corrected chi connectivity index (χ4v) is 4.42. The van der Waals surface area contributed by atoms with Crippen molar-refractivity contribution in [3.05, 3.63) is 65.0 Å². The summed E-state index contributed by atoms with van der Waals surface area (Å²) < 4.78 is 13.1. The van der Waals surface area contributed by atoms with Gasteiger partial charge in [-0.25, -0.2) is 4.39 Å². The second-order valence-electron chi connectivity index (χ2n) is 8.01. The fraction of sp³-hybridized carbons (Fsp3) is 0.391. The van der Waals surface area contributed by atoms with Crippen molar-refractivity contribution >= 4 is 29.9 Å². The van der Waals surface area contributed by atoms with E-state index in [0.717, 1.165) is 43.4 Å². The number of nitrogens with zero attached hydrogens (tertiary/aromatic N) is 1. The Morgan fingerprint density at radius 3 is 2.60 bits per heavy atom. The molecule has 160 valence electrons. The molecule has 5 nitrogen and oxygen atoms in total. The lowest BCUT2D eigenvalue weighted by molar-refractivity contribution is -0.127. The Hall–Kier alpha value is -2.60. The number of benzene rings is 2. The molecule has 2 aromatic rings. The summed E-state index contributed by atoms with van der Waals surface area (Å²) in [6, 6.07) is 11.4. The first kappa shape index (κ1) is 22.1. The first-order valence-corrected chi connectivity index (χ1v) is 10.2. The number of fused-ring (bicyclic) bond motifs is 1. The number of amides is 2. The number of anilines is 1. The van der Waals surface area contributed by atoms with Crippen LogP contribution in [0.15, 0.2) is 42.5 Å². The Morgan fingerprint density at radius 2 is 1.83 bits per heavy atom. The van der Waals surface area contributed by atoms with Crippen LogP contribution in [-0.2, 0) is 11.2 Å². The normalized spacial score (nSPS) is 20.6. The van der Waals surface area contributed by atoms with Crippen LogP contribution in [0, 0.1) is 11.7 Å². The molecule has 30 heavy (non-hydrogen) atoms. The summed E-state index contributed by atoms with van der Waals surface area (Å²) >= 11 is 0. The maximum absolute atomic E-state index is 13.1. The number of carbonyl (C=O) groups excluding carboxylic acids is 2. The molecule has 0 aromatic heterocycles. The minimum absolute atomic E-state index is 0. The van der Waals surface area contributed by atoms with Gasteiger partial charge in [0.05, 0.1) is 12.0 Å². The van der Waals surface area contributed by atoms with Gasteiger partial charge in [0, 0.05) is 24.3 Å². The molecule has 2 aromatic carbocycles. The van der Waals surface area contributed by atoms with E-state index >= 15 is 0 Å². The average Bonchev–Trinajstić information content (AvgIpc) is 2.74. The van der Waals surface area contributed by atoms with E-state index in [0.29, 0.717) is 18.7 Å². The number of nitrogen functional groups attached to an aromatic ring is 1. The minimum Gasteiger partial charge on any atom is -0.399 e. The van der Waals surface area contributed by atoms with Gasteiger partial charge in [-0.2, -0.15) is 0 Å². The van der Waals surface area contributed by atoms with Gasteiger partial charge in [-0.05, 0) is 79.6 Å². The number of halogens is 2. The van der Waals surface area contributed by atoms with Gasteiger partial charge >= 0.3 is 0 Å². The molecule has 2 atom stereocenters. The Kier molecular flexibility index (Phi) is 6.98. The average molecular weight is 432 g/mol. The molecule has 1 heterocycles. The first-order valence-electron chi connectivity index (χ1n) is 10.2. The maximum atomic E-state index is 13.1. The number of rotatable bonds is 3. The van der Waals surface area contributed by atoms with E-state index in [4.69, 9.17) is 5.73 Å². The van der Waals surface area contributed by atoms with Gasteiger partial charge in [-0.1, -0.05) is 6.07 Å². The number of carbonyl (C=O) groups is 2. The second kappa shape index (κ2) is 9.47. The molecule has 2 amide bonds. The highest BCUT2D eigenvalue weighted by Crippen LogP contribution is 2.31. The molecule has 3 N–H and O–H groups in total. The molecule has 1 aliphatic heterocycles. The van der Waals surface area contributed by atoms with Crippen molar-refractivity contribution in [2.45, 2.75) is 38.1 Å². The number of aryl methyl sites for hydroxylation is 1. The molecule has 7 heteroatoms. The van der Waals surface area contributed by atoms with Gasteiger partial charge in [0.1, 0.15) is 5.82 Å². The Balaban J connectivity index is 0.00000256. The zero-order valence-corrected chi connectivity index (χ0v) is 17.6. The van der Waals surface area contributed by atoms with Crippen LogP contribution in [-0.4, -0.2) is 29.8 Å². The quantitative estimate of drug-likeness (QED) is 0.724. The SMILES string of the molecule is Cl.Nc1ccc2c(c1)CCCC2NC(=O)C1CCCN(C(=O)c2ccc(F)cc2)C1. The molecule has 1 fully saturated rings. The second-order valence-corrected chi connectivity index (χ2v) is 8.01. The van der Waals surface area contributed by atoms with Gasteiger partial charge < -0.3 is 16.0 Å². The molecule has 1 aliphatic carbocycles. The van der Waals surface area contributed by atoms with Crippen molar-refractivity contribution in [1.82, 2.24) is 10.2 Å². The zero-order valence-electron chi connectivity index (χ0n) is 16.8. The van der Waals surface area contributed by atoms with Crippen LogP contribution in [0.5, 0.6) is 0 Å². The number of hydrogen-bond donors (Lipinski definition) is 2. The third-order valence-corrected chi connectivity index (χ3v) is 5.97. The lowest BCUT2D eigenvalue weighted by atomic mass is 9.86. The number of likely N-dealkylation sites (tertiary alicyclic amines) is 1. The molecule has 4 rings (SSSR count). The topological polar surface area (TPSA) is 75.4 Å². The molecule has 0 spiro atoms. The van der Waals surface area contributed by atoms with E-state index in [-0.39, 0.29) is 42.0 Å². The van der Waals surface area contributed by atoms with Crippen molar-refractivity contribution in [3.63, 3.8) is 0 Å². The van der Waals surface area contributed by atoms with E-state index in [2.05, 4.69) is 5.32 Å². The molecular weight excluding hydrogens is 405 g/mol. The largest absolute Gasteiger partial charge is 0.399 e. The molecule has 0 saturated carbocycles. The van der Waals surface area contributed by atoms with Crippen molar-refractivity contribution in [3.8, 4) is 0 Å². The fourth-order valence-electron chi connectivity index (χ4n) is 4.42. The Labute approximate surface area is 182 Å². The lowest BCUT2D eigenvalue weighted by Crippen LogP contribution is -2.46. The molecule has 0 bridgehead atoms. The smallest absolute Gasteiger partial charge is 0.253 e. The van der Waals surface area contributed by atoms with Gasteiger partial charge in [-0.15, -0.1) is 12.4 Å². The predicted octanol–water partition coefficient (Wildman–Crippen LogP) is 3.88. The summed E-state index contributed by atoms with van der Waals surface area (Å²) in [6.45, 7) is 1.01. The highest BCUT2D eigenvalue weighted by Gasteiger charge is 2.31. The highest BCUT2D eigenvalue weighted by molar-refractivity contribution is 5.94. The summed E-state index contributed by atoms with van der Waals surface area (Å²) in [5, 5.41) is 3.20. The summed E-state index contributed by atoms with van der Waals surface area (Å²) in [4.78, 5) is 27.4. The van der Waals surface area contributed by atoms with Crippen LogP contribution >= 0.6 is 12.4 Å². The van der Waals surface area contributed by atoms with Gasteiger partial charge in [-0.3, -0.25) is 9.59 Å². The summed E-state index contributed by atoms with van der Waals surface area (Å²) in [6.07, 6.45) is 4.45. The molecule has 2 aliphatic rings. The van der Waals surface area contributed by atoms with E-state index in [1.165, 1.54) is 29.8 Å². The monoisotopic (exact) mass is 431 g/mol. The molecular formula is C23H27ClFN3O2.